The predicted octanol–water partition coefficient (Wildman–Crippen LogP) is 3.18. The highest BCUT2D eigenvalue weighted by atomic mass is 79.9. The molecule has 16 heavy (non-hydrogen) atoms. The summed E-state index contributed by atoms with van der Waals surface area (Å²) in [6.07, 6.45) is 2.83. The van der Waals surface area contributed by atoms with Crippen LogP contribution in [0.15, 0.2) is 41.3 Å². The third-order valence-corrected chi connectivity index (χ3v) is 3.11. The second-order valence-corrected chi connectivity index (χ2v) is 5.53. The summed E-state index contributed by atoms with van der Waals surface area (Å²) < 4.78 is 1.78. The molecule has 0 aliphatic heterocycles. The van der Waals surface area contributed by atoms with Crippen LogP contribution in [0.2, 0.25) is 0 Å². The van der Waals surface area contributed by atoms with E-state index in [1.165, 1.54) is 0 Å². The van der Waals surface area contributed by atoms with E-state index in [-0.39, 0.29) is 5.56 Å². The molecule has 1 aromatic carbocycles. The lowest BCUT2D eigenvalue weighted by Gasteiger charge is -2.08. The molecular formula is C13H14BrNO. The molecule has 0 aliphatic carbocycles. The average Bonchev–Trinajstić information content (AvgIpc) is 2.28. The van der Waals surface area contributed by atoms with E-state index < -0.39 is 0 Å². The van der Waals surface area contributed by atoms with Crippen molar-refractivity contribution in [3.8, 4) is 0 Å². The van der Waals surface area contributed by atoms with E-state index in [1.54, 1.807) is 4.57 Å². The zero-order valence-corrected chi connectivity index (χ0v) is 10.8. The Kier molecular flexibility index (Phi) is 3.44. The van der Waals surface area contributed by atoms with Crippen molar-refractivity contribution >= 4 is 26.7 Å². The number of halogens is 1. The number of rotatable bonds is 3. The van der Waals surface area contributed by atoms with Crippen LogP contribution in [0, 0.1) is 0 Å². The summed E-state index contributed by atoms with van der Waals surface area (Å²) in [6.45, 7) is 2.85. The Morgan fingerprint density at radius 1 is 1.31 bits per heavy atom. The van der Waals surface area contributed by atoms with Crippen molar-refractivity contribution < 1.29 is 0 Å². The van der Waals surface area contributed by atoms with Crippen LogP contribution in [0.1, 0.15) is 13.3 Å². The molecule has 0 saturated carbocycles. The van der Waals surface area contributed by atoms with Gasteiger partial charge in [0.1, 0.15) is 0 Å². The molecule has 0 bridgehead atoms. The summed E-state index contributed by atoms with van der Waals surface area (Å²) in [4.78, 5) is 12.5. The van der Waals surface area contributed by atoms with E-state index in [0.29, 0.717) is 4.83 Å². The maximum atomic E-state index is 12.1. The Hall–Kier alpha value is -1.09. The monoisotopic (exact) mass is 279 g/mol. The second-order valence-electron chi connectivity index (χ2n) is 3.97. The first-order valence-electron chi connectivity index (χ1n) is 5.41. The standard InChI is InChI=1S/C13H14BrNO/c1-10(14)6-8-15-9-7-11-4-2-3-5-12(11)13(15)16/h2-5,7,9-10H,6,8H2,1H3. The highest BCUT2D eigenvalue weighted by Gasteiger charge is 2.02. The Labute approximate surface area is 103 Å². The molecule has 2 aromatic rings. The molecule has 0 amide bonds. The van der Waals surface area contributed by atoms with Crippen molar-refractivity contribution in [2.24, 2.45) is 0 Å². The van der Waals surface area contributed by atoms with Crippen molar-refractivity contribution in [2.45, 2.75) is 24.7 Å². The number of nitrogens with zero attached hydrogens (tertiary/aromatic N) is 1. The molecule has 0 radical (unpaired) electrons. The van der Waals surface area contributed by atoms with Crippen molar-refractivity contribution in [3.05, 3.63) is 46.9 Å². The molecular weight excluding hydrogens is 266 g/mol. The third-order valence-electron chi connectivity index (χ3n) is 2.65. The number of pyridine rings is 1. The number of fused-ring (bicyclic) bond motifs is 1. The molecule has 0 fully saturated rings. The Morgan fingerprint density at radius 2 is 2.06 bits per heavy atom. The minimum Gasteiger partial charge on any atom is -0.315 e. The predicted molar refractivity (Wildman–Crippen MR) is 71.2 cm³/mol. The summed E-state index contributed by atoms with van der Waals surface area (Å²) in [5.74, 6) is 0. The number of aromatic nitrogens is 1. The van der Waals surface area contributed by atoms with E-state index in [1.807, 2.05) is 36.5 Å². The highest BCUT2D eigenvalue weighted by molar-refractivity contribution is 9.09. The van der Waals surface area contributed by atoms with Crippen molar-refractivity contribution in [1.82, 2.24) is 4.57 Å². The lowest BCUT2D eigenvalue weighted by molar-refractivity contribution is 0.628. The van der Waals surface area contributed by atoms with Gasteiger partial charge in [-0.3, -0.25) is 4.79 Å². The van der Waals surface area contributed by atoms with Gasteiger partial charge in [-0.1, -0.05) is 41.1 Å². The van der Waals surface area contributed by atoms with E-state index >= 15 is 0 Å². The van der Waals surface area contributed by atoms with Gasteiger partial charge in [-0.05, 0) is 23.9 Å². The Bertz CT molecular complexity index is 545. The molecule has 1 atom stereocenters. The fourth-order valence-electron chi connectivity index (χ4n) is 1.72. The maximum absolute atomic E-state index is 12.1. The van der Waals surface area contributed by atoms with E-state index in [0.717, 1.165) is 23.7 Å². The summed E-state index contributed by atoms with van der Waals surface area (Å²) in [7, 11) is 0. The smallest absolute Gasteiger partial charge is 0.258 e. The zero-order chi connectivity index (χ0) is 11.5. The SMILES string of the molecule is CC(Br)CCn1ccc2ccccc2c1=O. The van der Waals surface area contributed by atoms with Crippen LogP contribution in [0.4, 0.5) is 0 Å². The minimum absolute atomic E-state index is 0.103. The van der Waals surface area contributed by atoms with Crippen molar-refractivity contribution in [3.63, 3.8) is 0 Å². The molecule has 1 aromatic heterocycles. The number of aryl methyl sites for hydroxylation is 1. The fraction of sp³-hybridized carbons (Fsp3) is 0.308. The van der Waals surface area contributed by atoms with Gasteiger partial charge >= 0.3 is 0 Å². The van der Waals surface area contributed by atoms with Gasteiger partial charge in [-0.2, -0.15) is 0 Å². The number of hydrogen-bond donors (Lipinski definition) is 0. The molecule has 2 nitrogen and oxygen atoms in total. The van der Waals surface area contributed by atoms with Crippen LogP contribution < -0.4 is 5.56 Å². The molecule has 0 spiro atoms. The van der Waals surface area contributed by atoms with Gasteiger partial charge in [0.2, 0.25) is 0 Å². The summed E-state index contributed by atoms with van der Waals surface area (Å²) >= 11 is 3.49. The van der Waals surface area contributed by atoms with Crippen molar-refractivity contribution in [2.75, 3.05) is 0 Å². The zero-order valence-electron chi connectivity index (χ0n) is 9.19. The van der Waals surface area contributed by atoms with Crippen molar-refractivity contribution in [1.29, 1.82) is 0 Å². The Morgan fingerprint density at radius 3 is 2.81 bits per heavy atom. The second kappa shape index (κ2) is 4.83. The number of alkyl halides is 1. The van der Waals surface area contributed by atoms with Gasteiger partial charge in [-0.15, -0.1) is 0 Å². The number of hydrogen-bond acceptors (Lipinski definition) is 1. The lowest BCUT2D eigenvalue weighted by atomic mass is 10.2. The van der Waals surface area contributed by atoms with Gasteiger partial charge in [-0.25, -0.2) is 0 Å². The molecule has 84 valence electrons. The molecule has 3 heteroatoms. The van der Waals surface area contributed by atoms with E-state index in [2.05, 4.69) is 22.9 Å². The van der Waals surface area contributed by atoms with Crippen LogP contribution >= 0.6 is 15.9 Å². The normalized spacial score (nSPS) is 12.9. The van der Waals surface area contributed by atoms with E-state index in [4.69, 9.17) is 0 Å². The van der Waals surface area contributed by atoms with Crippen LogP contribution in [-0.4, -0.2) is 9.39 Å². The third kappa shape index (κ3) is 2.35. The first-order valence-corrected chi connectivity index (χ1v) is 6.32. The fourth-order valence-corrected chi connectivity index (χ4v) is 1.93. The topological polar surface area (TPSA) is 22.0 Å². The average molecular weight is 280 g/mol. The van der Waals surface area contributed by atoms with Gasteiger partial charge in [0, 0.05) is 23.0 Å². The molecule has 1 unspecified atom stereocenters. The van der Waals surface area contributed by atoms with Gasteiger partial charge in [0.05, 0.1) is 0 Å². The number of benzene rings is 1. The van der Waals surface area contributed by atoms with Crippen LogP contribution in [0.3, 0.4) is 0 Å². The van der Waals surface area contributed by atoms with Crippen LogP contribution in [-0.2, 0) is 6.54 Å². The first kappa shape index (κ1) is 11.4. The molecule has 0 N–H and O–H groups in total. The molecule has 0 aliphatic rings. The highest BCUT2D eigenvalue weighted by Crippen LogP contribution is 2.09. The van der Waals surface area contributed by atoms with Crippen LogP contribution in [0.25, 0.3) is 10.8 Å². The van der Waals surface area contributed by atoms with Crippen LogP contribution in [0.5, 0.6) is 0 Å². The largest absolute Gasteiger partial charge is 0.315 e. The summed E-state index contributed by atoms with van der Waals surface area (Å²) in [5.41, 5.74) is 0.103. The van der Waals surface area contributed by atoms with Gasteiger partial charge < -0.3 is 4.57 Å². The first-order chi connectivity index (χ1) is 7.68. The summed E-state index contributed by atoms with van der Waals surface area (Å²) in [6, 6.07) is 9.70. The van der Waals surface area contributed by atoms with Gasteiger partial charge in [0.15, 0.2) is 0 Å². The summed E-state index contributed by atoms with van der Waals surface area (Å²) in [5, 5.41) is 1.81. The van der Waals surface area contributed by atoms with Gasteiger partial charge in [0.25, 0.3) is 5.56 Å². The molecule has 1 heterocycles. The molecule has 2 rings (SSSR count). The minimum atomic E-state index is 0.103. The maximum Gasteiger partial charge on any atom is 0.258 e. The molecule has 0 saturated heterocycles. The quantitative estimate of drug-likeness (QED) is 0.791. The Balaban J connectivity index is 2.41. The van der Waals surface area contributed by atoms with E-state index in [9.17, 15) is 4.79 Å². The lowest BCUT2D eigenvalue weighted by Crippen LogP contribution is -2.20.